The first-order valence-corrected chi connectivity index (χ1v) is 7.63. The van der Waals surface area contributed by atoms with Crippen LogP contribution in [0.4, 0.5) is 0 Å². The van der Waals surface area contributed by atoms with E-state index in [4.69, 9.17) is 0 Å². The van der Waals surface area contributed by atoms with Crippen LogP contribution >= 0.6 is 0 Å². The molecule has 1 fully saturated rings. The van der Waals surface area contributed by atoms with E-state index in [0.29, 0.717) is 6.04 Å². The third-order valence-electron chi connectivity index (χ3n) is 4.33. The van der Waals surface area contributed by atoms with Crippen molar-refractivity contribution >= 4 is 0 Å². The molecule has 20 heavy (non-hydrogen) atoms. The van der Waals surface area contributed by atoms with Gasteiger partial charge in [0, 0.05) is 18.8 Å². The zero-order valence-corrected chi connectivity index (χ0v) is 12.1. The molecule has 1 aliphatic rings. The summed E-state index contributed by atoms with van der Waals surface area (Å²) in [5.41, 5.74) is 3.60. The number of aromatic nitrogens is 2. The molecule has 106 valence electrons. The number of H-pyrrole nitrogens is 1. The minimum Gasteiger partial charge on any atom is -0.310 e. The highest BCUT2D eigenvalue weighted by Gasteiger charge is 2.19. The maximum atomic E-state index is 3.98. The van der Waals surface area contributed by atoms with E-state index in [9.17, 15) is 0 Å². The molecule has 3 rings (SSSR count). The molecule has 0 saturated heterocycles. The first-order valence-electron chi connectivity index (χ1n) is 7.63. The topological polar surface area (TPSA) is 40.7 Å². The van der Waals surface area contributed by atoms with Crippen LogP contribution < -0.4 is 5.32 Å². The van der Waals surface area contributed by atoms with Crippen molar-refractivity contribution in [3.8, 4) is 11.3 Å². The third kappa shape index (κ3) is 3.28. The highest BCUT2D eigenvalue weighted by atomic mass is 15.1. The zero-order valence-electron chi connectivity index (χ0n) is 12.1. The second kappa shape index (κ2) is 6.23. The van der Waals surface area contributed by atoms with Crippen molar-refractivity contribution in [3.05, 3.63) is 42.1 Å². The number of aromatic amines is 1. The Hall–Kier alpha value is -1.61. The molecular formula is C17H23N3. The summed E-state index contributed by atoms with van der Waals surface area (Å²) >= 11 is 0. The van der Waals surface area contributed by atoms with Crippen LogP contribution in [0.25, 0.3) is 11.3 Å². The number of benzene rings is 1. The first-order chi connectivity index (χ1) is 9.81. The molecule has 0 spiro atoms. The molecule has 1 aromatic carbocycles. The molecule has 3 heteroatoms. The lowest BCUT2D eigenvalue weighted by Gasteiger charge is -2.28. The predicted molar refractivity (Wildman–Crippen MR) is 82.3 cm³/mol. The van der Waals surface area contributed by atoms with Crippen LogP contribution in [0.5, 0.6) is 0 Å². The van der Waals surface area contributed by atoms with Gasteiger partial charge in [0.2, 0.25) is 0 Å². The van der Waals surface area contributed by atoms with E-state index in [1.807, 2.05) is 6.07 Å². The van der Waals surface area contributed by atoms with E-state index < -0.39 is 0 Å². The van der Waals surface area contributed by atoms with Gasteiger partial charge in [-0.2, -0.15) is 5.10 Å². The maximum Gasteiger partial charge on any atom is 0.0650 e. The quantitative estimate of drug-likeness (QED) is 0.838. The molecule has 1 aliphatic carbocycles. The van der Waals surface area contributed by atoms with Crippen LogP contribution in [0.15, 0.2) is 36.5 Å². The molecule has 1 atom stereocenters. The van der Waals surface area contributed by atoms with Gasteiger partial charge in [0.05, 0.1) is 5.69 Å². The Morgan fingerprint density at radius 3 is 2.65 bits per heavy atom. The molecule has 0 bridgehead atoms. The molecule has 0 amide bonds. The highest BCUT2D eigenvalue weighted by Crippen LogP contribution is 2.30. The van der Waals surface area contributed by atoms with Gasteiger partial charge in [0.1, 0.15) is 0 Å². The summed E-state index contributed by atoms with van der Waals surface area (Å²) in [4.78, 5) is 0. The summed E-state index contributed by atoms with van der Waals surface area (Å²) in [7, 11) is 0. The van der Waals surface area contributed by atoms with Crippen molar-refractivity contribution in [2.75, 3.05) is 0 Å². The van der Waals surface area contributed by atoms with Crippen molar-refractivity contribution in [3.63, 3.8) is 0 Å². The van der Waals surface area contributed by atoms with Crippen LogP contribution in [0, 0.1) is 5.92 Å². The molecule has 3 nitrogen and oxygen atoms in total. The van der Waals surface area contributed by atoms with Crippen molar-refractivity contribution < 1.29 is 0 Å². The fourth-order valence-corrected chi connectivity index (χ4v) is 2.82. The predicted octanol–water partition coefficient (Wildman–Crippen LogP) is 3.75. The Bertz CT molecular complexity index is 512. The normalized spacial score (nSPS) is 16.9. The minimum atomic E-state index is 0.618. The summed E-state index contributed by atoms with van der Waals surface area (Å²) in [5.74, 6) is 0.972. The van der Waals surface area contributed by atoms with Crippen LogP contribution in [0.2, 0.25) is 0 Å². The largest absolute Gasteiger partial charge is 0.310 e. The molecule has 1 heterocycles. The number of hydrogen-bond acceptors (Lipinski definition) is 2. The Morgan fingerprint density at radius 2 is 2.05 bits per heavy atom. The molecule has 0 aliphatic heterocycles. The average molecular weight is 269 g/mol. The van der Waals surface area contributed by atoms with E-state index in [-0.39, 0.29) is 0 Å². The van der Waals surface area contributed by atoms with Gasteiger partial charge in [-0.3, -0.25) is 5.10 Å². The Balaban J connectivity index is 1.50. The summed E-state index contributed by atoms with van der Waals surface area (Å²) in [6.45, 7) is 3.26. The average Bonchev–Trinajstić information content (AvgIpc) is 2.95. The van der Waals surface area contributed by atoms with Crippen LogP contribution in [0.1, 0.15) is 38.2 Å². The first kappa shape index (κ1) is 13.4. The van der Waals surface area contributed by atoms with E-state index in [1.165, 1.54) is 36.8 Å². The summed E-state index contributed by atoms with van der Waals surface area (Å²) in [6, 6.07) is 11.3. The Labute approximate surface area is 120 Å². The van der Waals surface area contributed by atoms with Crippen LogP contribution in [0.3, 0.4) is 0 Å². The summed E-state index contributed by atoms with van der Waals surface area (Å²) in [6.07, 6.45) is 7.42. The van der Waals surface area contributed by atoms with Gasteiger partial charge in [0.25, 0.3) is 0 Å². The maximum absolute atomic E-state index is 3.98. The molecule has 1 saturated carbocycles. The zero-order chi connectivity index (χ0) is 13.8. The standard InChI is InChI=1S/C17H23N3/c1-13(11-14-3-2-4-14)18-12-15-5-7-16(8-6-15)17-9-10-19-20-17/h5-10,13-14,18H,2-4,11-12H2,1H3,(H,19,20). The van der Waals surface area contributed by atoms with Gasteiger partial charge in [-0.05, 0) is 36.5 Å². The molecule has 1 aromatic heterocycles. The molecule has 2 aromatic rings. The fourth-order valence-electron chi connectivity index (χ4n) is 2.82. The van der Waals surface area contributed by atoms with Crippen molar-refractivity contribution in [2.45, 2.75) is 45.2 Å². The smallest absolute Gasteiger partial charge is 0.0650 e. The van der Waals surface area contributed by atoms with Gasteiger partial charge >= 0.3 is 0 Å². The van der Waals surface area contributed by atoms with Crippen molar-refractivity contribution in [1.82, 2.24) is 15.5 Å². The van der Waals surface area contributed by atoms with Crippen molar-refractivity contribution in [2.24, 2.45) is 5.92 Å². The van der Waals surface area contributed by atoms with E-state index in [2.05, 4.69) is 46.7 Å². The van der Waals surface area contributed by atoms with Crippen molar-refractivity contribution in [1.29, 1.82) is 0 Å². The van der Waals surface area contributed by atoms with Gasteiger partial charge in [-0.1, -0.05) is 43.5 Å². The second-order valence-electron chi connectivity index (χ2n) is 5.98. The molecular weight excluding hydrogens is 246 g/mol. The number of nitrogens with zero attached hydrogens (tertiary/aromatic N) is 1. The SMILES string of the molecule is CC(CC1CCC1)NCc1ccc(-c2ccn[nH]2)cc1. The highest BCUT2D eigenvalue weighted by molar-refractivity contribution is 5.58. The fraction of sp³-hybridized carbons (Fsp3) is 0.471. The van der Waals surface area contributed by atoms with Crippen LogP contribution in [-0.2, 0) is 6.54 Å². The van der Waals surface area contributed by atoms with Crippen LogP contribution in [-0.4, -0.2) is 16.2 Å². The number of nitrogens with one attached hydrogen (secondary N) is 2. The third-order valence-corrected chi connectivity index (χ3v) is 4.33. The molecule has 2 N–H and O–H groups in total. The summed E-state index contributed by atoms with van der Waals surface area (Å²) in [5, 5.41) is 10.6. The van der Waals surface area contributed by atoms with Gasteiger partial charge in [0.15, 0.2) is 0 Å². The Kier molecular flexibility index (Phi) is 4.16. The molecule has 1 unspecified atom stereocenters. The van der Waals surface area contributed by atoms with E-state index >= 15 is 0 Å². The Morgan fingerprint density at radius 1 is 1.25 bits per heavy atom. The lowest BCUT2D eigenvalue weighted by molar-refractivity contribution is 0.265. The van der Waals surface area contributed by atoms with Gasteiger partial charge < -0.3 is 5.32 Å². The lowest BCUT2D eigenvalue weighted by atomic mass is 9.81. The van der Waals surface area contributed by atoms with E-state index in [1.54, 1.807) is 6.20 Å². The van der Waals surface area contributed by atoms with Gasteiger partial charge in [-0.25, -0.2) is 0 Å². The second-order valence-corrected chi connectivity index (χ2v) is 5.98. The minimum absolute atomic E-state index is 0.618. The van der Waals surface area contributed by atoms with E-state index in [0.717, 1.165) is 18.2 Å². The molecule has 0 radical (unpaired) electrons. The summed E-state index contributed by atoms with van der Waals surface area (Å²) < 4.78 is 0. The lowest BCUT2D eigenvalue weighted by Crippen LogP contribution is -2.29. The van der Waals surface area contributed by atoms with Gasteiger partial charge in [-0.15, -0.1) is 0 Å². The number of hydrogen-bond donors (Lipinski definition) is 2. The monoisotopic (exact) mass is 269 g/mol. The number of rotatable bonds is 6.